The van der Waals surface area contributed by atoms with Crippen LogP contribution in [0.2, 0.25) is 0 Å². The number of likely N-dealkylation sites (tertiary alicyclic amines) is 1. The van der Waals surface area contributed by atoms with Gasteiger partial charge in [0.2, 0.25) is 23.6 Å². The van der Waals surface area contributed by atoms with Gasteiger partial charge in [-0.25, -0.2) is 0 Å². The van der Waals surface area contributed by atoms with Gasteiger partial charge in [0.1, 0.15) is 30.0 Å². The molecule has 0 aliphatic carbocycles. The highest BCUT2D eigenvalue weighted by Crippen LogP contribution is 2.28. The molecule has 1 fully saturated rings. The number of benzene rings is 2. The zero-order valence-electron chi connectivity index (χ0n) is 27.9. The van der Waals surface area contributed by atoms with Gasteiger partial charge in [0.05, 0.1) is 6.04 Å². The van der Waals surface area contributed by atoms with Gasteiger partial charge in [-0.3, -0.25) is 24.1 Å². The highest BCUT2D eigenvalue weighted by Gasteiger charge is 2.47. The number of fused-ring (bicyclic) bond motifs is 7. The minimum absolute atomic E-state index is 0.159. The Labute approximate surface area is 272 Å². The van der Waals surface area contributed by atoms with E-state index in [-0.39, 0.29) is 36.1 Å². The van der Waals surface area contributed by atoms with E-state index in [4.69, 9.17) is 4.74 Å². The summed E-state index contributed by atoms with van der Waals surface area (Å²) in [4.78, 5) is 59.0. The van der Waals surface area contributed by atoms with E-state index in [1.807, 2.05) is 101 Å². The molecule has 5 rings (SSSR count). The summed E-state index contributed by atoms with van der Waals surface area (Å²) in [5.41, 5.74) is 1.89. The van der Waals surface area contributed by atoms with E-state index in [2.05, 4.69) is 16.0 Å². The van der Waals surface area contributed by atoms with Crippen LogP contribution < -0.4 is 20.7 Å². The van der Waals surface area contributed by atoms with Crippen LogP contribution in [0.3, 0.4) is 0 Å². The molecule has 10 heteroatoms. The summed E-state index contributed by atoms with van der Waals surface area (Å²) in [6.45, 7) is 8.04. The number of likely N-dealkylation sites (N-methyl/N-ethyl adjacent to an activating group) is 1. The Morgan fingerprint density at radius 3 is 2.33 bits per heavy atom. The highest BCUT2D eigenvalue weighted by atomic mass is 16.5. The van der Waals surface area contributed by atoms with Crippen LogP contribution in [-0.4, -0.2) is 84.3 Å². The second-order valence-corrected chi connectivity index (χ2v) is 12.7. The first-order chi connectivity index (χ1) is 22.0. The standard InChI is InChI=1S/C36H49N5O5/c1-7-23(3)30-34(43)37-20-18-25-14-16-27(17-15-25)46-29-19-21-41(32(29)35(44)38-30)36(45)31(24(4)8-2)39-33(42)28(40(5)6)22-26-12-10-9-11-13-26/h9-18,20,23-24,28-32H,7-8,19,21-22H2,1-6H3,(H,37,43)(H,38,44)(H,39,42)/b20-18-/t23-,24+,28-,29-,30+,31+,32-/m0/s1. The fourth-order valence-corrected chi connectivity index (χ4v) is 5.99. The molecule has 1 saturated heterocycles. The van der Waals surface area contributed by atoms with Gasteiger partial charge in [0.25, 0.3) is 0 Å². The highest BCUT2D eigenvalue weighted by molar-refractivity contribution is 5.96. The van der Waals surface area contributed by atoms with Crippen molar-refractivity contribution in [3.8, 4) is 5.75 Å². The number of hydrogen-bond donors (Lipinski definition) is 3. The van der Waals surface area contributed by atoms with Crippen LogP contribution in [0.4, 0.5) is 0 Å². The first kappa shape index (κ1) is 34.7. The largest absolute Gasteiger partial charge is 0.488 e. The van der Waals surface area contributed by atoms with Gasteiger partial charge in [0.15, 0.2) is 0 Å². The van der Waals surface area contributed by atoms with Crippen molar-refractivity contribution >= 4 is 29.7 Å². The molecule has 46 heavy (non-hydrogen) atoms. The van der Waals surface area contributed by atoms with E-state index in [0.29, 0.717) is 31.4 Å². The molecule has 0 unspecified atom stereocenters. The molecule has 0 aromatic heterocycles. The lowest BCUT2D eigenvalue weighted by molar-refractivity contribution is -0.145. The number of carbonyl (C=O) groups excluding carboxylic acids is 4. The van der Waals surface area contributed by atoms with E-state index >= 15 is 0 Å². The molecule has 248 valence electrons. The van der Waals surface area contributed by atoms with Crippen LogP contribution in [0.5, 0.6) is 5.75 Å². The molecule has 0 saturated carbocycles. The third kappa shape index (κ3) is 8.34. The maximum atomic E-state index is 14.4. The summed E-state index contributed by atoms with van der Waals surface area (Å²) in [6.07, 6.45) is 4.91. The van der Waals surface area contributed by atoms with Crippen molar-refractivity contribution in [1.82, 2.24) is 25.8 Å². The Kier molecular flexibility index (Phi) is 12.0. The lowest BCUT2D eigenvalue weighted by Crippen LogP contribution is -2.61. The Balaban J connectivity index is 1.64. The van der Waals surface area contributed by atoms with Crippen molar-refractivity contribution in [2.45, 2.75) is 83.6 Å². The molecule has 0 radical (unpaired) electrons. The quantitative estimate of drug-likeness (QED) is 0.370. The Morgan fingerprint density at radius 2 is 1.70 bits per heavy atom. The third-order valence-electron chi connectivity index (χ3n) is 9.33. The Bertz CT molecular complexity index is 1380. The normalized spacial score (nSPS) is 23.2. The molecule has 10 nitrogen and oxygen atoms in total. The predicted molar refractivity (Wildman–Crippen MR) is 179 cm³/mol. The van der Waals surface area contributed by atoms with Crippen LogP contribution >= 0.6 is 0 Å². The van der Waals surface area contributed by atoms with Gasteiger partial charge < -0.3 is 25.6 Å². The number of hydrogen-bond acceptors (Lipinski definition) is 6. The van der Waals surface area contributed by atoms with Gasteiger partial charge >= 0.3 is 0 Å². The van der Waals surface area contributed by atoms with Crippen molar-refractivity contribution in [1.29, 1.82) is 0 Å². The topological polar surface area (TPSA) is 120 Å². The molecule has 2 aromatic rings. The van der Waals surface area contributed by atoms with Gasteiger partial charge in [-0.2, -0.15) is 0 Å². The zero-order valence-corrected chi connectivity index (χ0v) is 27.9. The number of ether oxygens (including phenoxy) is 1. The lowest BCUT2D eigenvalue weighted by atomic mass is 9.95. The van der Waals surface area contributed by atoms with Crippen LogP contribution in [0.15, 0.2) is 60.8 Å². The fourth-order valence-electron chi connectivity index (χ4n) is 5.99. The second-order valence-electron chi connectivity index (χ2n) is 12.7. The minimum atomic E-state index is -0.998. The minimum Gasteiger partial charge on any atom is -0.488 e. The molecule has 3 aliphatic rings. The van der Waals surface area contributed by atoms with Crippen molar-refractivity contribution < 1.29 is 23.9 Å². The SMILES string of the molecule is CC[C@@H](C)[C@@H](NC(=O)[C@H](Cc1ccccc1)N(C)C)C(=O)N1CC[C@@H]2Oc3ccc(cc3)/C=C\NC(=O)[C@@H]([C@@H](C)CC)NC(=O)[C@H]21. The summed E-state index contributed by atoms with van der Waals surface area (Å²) in [6, 6.07) is 14.0. The predicted octanol–water partition coefficient (Wildman–Crippen LogP) is 3.37. The molecule has 3 aliphatic heterocycles. The molecule has 3 heterocycles. The van der Waals surface area contributed by atoms with Crippen LogP contribution in [0, 0.1) is 11.8 Å². The summed E-state index contributed by atoms with van der Waals surface area (Å²) in [5.74, 6) is -1.16. The molecular formula is C36H49N5O5. The zero-order chi connectivity index (χ0) is 33.4. The number of amides is 4. The van der Waals surface area contributed by atoms with Crippen LogP contribution in [-0.2, 0) is 25.6 Å². The summed E-state index contributed by atoms with van der Waals surface area (Å²) >= 11 is 0. The van der Waals surface area contributed by atoms with Gasteiger partial charge in [-0.1, -0.05) is 83.0 Å². The van der Waals surface area contributed by atoms with Gasteiger partial charge in [0, 0.05) is 19.2 Å². The summed E-state index contributed by atoms with van der Waals surface area (Å²) in [7, 11) is 3.70. The molecular weight excluding hydrogens is 582 g/mol. The number of rotatable bonds is 10. The van der Waals surface area contributed by atoms with Crippen molar-refractivity contribution in [3.63, 3.8) is 0 Å². The monoisotopic (exact) mass is 631 g/mol. The number of nitrogens with zero attached hydrogens (tertiary/aromatic N) is 2. The molecule has 2 aromatic carbocycles. The van der Waals surface area contributed by atoms with Gasteiger partial charge in [-0.15, -0.1) is 0 Å². The number of carbonyl (C=O) groups is 4. The molecule has 3 N–H and O–H groups in total. The summed E-state index contributed by atoms with van der Waals surface area (Å²) < 4.78 is 6.35. The van der Waals surface area contributed by atoms with Crippen molar-refractivity contribution in [2.75, 3.05) is 20.6 Å². The smallest absolute Gasteiger partial charge is 0.247 e. The van der Waals surface area contributed by atoms with Gasteiger partial charge in [-0.05, 0) is 61.7 Å². The number of nitrogens with one attached hydrogen (secondary N) is 3. The molecule has 7 atom stereocenters. The van der Waals surface area contributed by atoms with Crippen LogP contribution in [0.25, 0.3) is 6.08 Å². The fraction of sp³-hybridized carbons (Fsp3) is 0.500. The maximum Gasteiger partial charge on any atom is 0.247 e. The second kappa shape index (κ2) is 15.9. The van der Waals surface area contributed by atoms with Crippen molar-refractivity contribution in [2.24, 2.45) is 11.8 Å². The Hall–Kier alpha value is -4.18. The average molecular weight is 632 g/mol. The first-order valence-electron chi connectivity index (χ1n) is 16.4. The van der Waals surface area contributed by atoms with E-state index in [0.717, 1.165) is 11.1 Å². The average Bonchev–Trinajstić information content (AvgIpc) is 3.48. The summed E-state index contributed by atoms with van der Waals surface area (Å²) in [5, 5.41) is 8.82. The maximum absolute atomic E-state index is 14.4. The lowest BCUT2D eigenvalue weighted by Gasteiger charge is -2.35. The van der Waals surface area contributed by atoms with E-state index in [1.165, 1.54) is 4.90 Å². The van der Waals surface area contributed by atoms with E-state index in [1.54, 1.807) is 12.3 Å². The van der Waals surface area contributed by atoms with E-state index < -0.39 is 36.2 Å². The van der Waals surface area contributed by atoms with E-state index in [9.17, 15) is 19.2 Å². The Morgan fingerprint density at radius 1 is 1.00 bits per heavy atom. The first-order valence-corrected chi connectivity index (χ1v) is 16.4. The molecule has 0 spiro atoms. The molecule has 2 bridgehead atoms. The molecule has 4 amide bonds. The van der Waals surface area contributed by atoms with Crippen molar-refractivity contribution in [3.05, 3.63) is 71.9 Å². The van der Waals surface area contributed by atoms with Crippen LogP contribution in [0.1, 0.15) is 58.1 Å². The third-order valence-corrected chi connectivity index (χ3v) is 9.33.